The van der Waals surface area contributed by atoms with Crippen LogP contribution in [0.25, 0.3) is 0 Å². The van der Waals surface area contributed by atoms with Gasteiger partial charge in [0.2, 0.25) is 0 Å². The van der Waals surface area contributed by atoms with Crippen LogP contribution in [0.5, 0.6) is 0 Å². The van der Waals surface area contributed by atoms with Crippen LogP contribution in [0.1, 0.15) is 10.7 Å². The summed E-state index contributed by atoms with van der Waals surface area (Å²) in [6.45, 7) is 1.89. The Morgan fingerprint density at radius 1 is 1.92 bits per heavy atom. The van der Waals surface area contributed by atoms with E-state index in [0.717, 1.165) is 5.01 Å². The number of thiazole rings is 1. The van der Waals surface area contributed by atoms with Gasteiger partial charge >= 0.3 is 6.03 Å². The number of hydrogen-bond acceptors (Lipinski definition) is 4. The zero-order valence-corrected chi connectivity index (χ0v) is 7.26. The Kier molecular flexibility index (Phi) is 2.76. The highest BCUT2D eigenvalue weighted by Crippen LogP contribution is 2.04. The molecular formula is C6H8N4OS. The normalized spacial score (nSPS) is 10.4. The molecule has 64 valence electrons. The number of hydrazone groups is 1. The van der Waals surface area contributed by atoms with Crippen molar-refractivity contribution in [2.24, 2.45) is 10.8 Å². The molecule has 0 saturated heterocycles. The highest BCUT2D eigenvalue weighted by Gasteiger charge is 1.92. The number of nitrogens with one attached hydrogen (secondary N) is 1. The van der Waals surface area contributed by atoms with E-state index < -0.39 is 6.03 Å². The molecule has 0 radical (unpaired) electrons. The highest BCUT2D eigenvalue weighted by atomic mass is 32.1. The Balaban J connectivity index is 2.52. The number of primary amides is 1. The van der Waals surface area contributed by atoms with Gasteiger partial charge in [0.05, 0.1) is 16.9 Å². The van der Waals surface area contributed by atoms with E-state index in [1.807, 2.05) is 12.3 Å². The number of hydrogen-bond donors (Lipinski definition) is 2. The summed E-state index contributed by atoms with van der Waals surface area (Å²) in [6, 6.07) is -0.682. The molecule has 0 aliphatic carbocycles. The number of urea groups is 1. The number of nitrogens with zero attached hydrogens (tertiary/aromatic N) is 2. The average Bonchev–Trinajstić information content (AvgIpc) is 2.35. The molecule has 0 unspecified atom stereocenters. The van der Waals surface area contributed by atoms with Crippen molar-refractivity contribution in [1.82, 2.24) is 10.4 Å². The maximum absolute atomic E-state index is 10.2. The molecule has 0 aliphatic rings. The fourth-order valence-electron chi connectivity index (χ4n) is 0.601. The van der Waals surface area contributed by atoms with Crippen LogP contribution >= 0.6 is 11.3 Å². The number of aryl methyl sites for hydroxylation is 1. The fraction of sp³-hybridized carbons (Fsp3) is 0.167. The monoisotopic (exact) mass is 184 g/mol. The van der Waals surface area contributed by atoms with E-state index in [2.05, 4.69) is 15.5 Å². The van der Waals surface area contributed by atoms with E-state index in [0.29, 0.717) is 5.69 Å². The summed E-state index contributed by atoms with van der Waals surface area (Å²) in [7, 11) is 0. The van der Waals surface area contributed by atoms with Gasteiger partial charge in [0.1, 0.15) is 0 Å². The number of nitrogens with two attached hydrogens (primary N) is 1. The zero-order valence-electron chi connectivity index (χ0n) is 6.44. The maximum atomic E-state index is 10.2. The molecule has 0 saturated carbocycles. The van der Waals surface area contributed by atoms with Crippen molar-refractivity contribution in [3.8, 4) is 0 Å². The standard InChI is InChI=1S/C6H8N4OS/c1-4-9-5(3-12-4)2-8-10-6(7)11/h2-3H,1H3,(H3,7,10,11). The van der Waals surface area contributed by atoms with E-state index in [1.165, 1.54) is 17.6 Å². The Morgan fingerprint density at radius 3 is 3.17 bits per heavy atom. The third-order valence-electron chi connectivity index (χ3n) is 1.01. The van der Waals surface area contributed by atoms with Gasteiger partial charge in [-0.1, -0.05) is 0 Å². The summed E-state index contributed by atoms with van der Waals surface area (Å²) in [5, 5.41) is 6.34. The van der Waals surface area contributed by atoms with Gasteiger partial charge in [-0.3, -0.25) is 0 Å². The third-order valence-corrected chi connectivity index (χ3v) is 1.80. The minimum absolute atomic E-state index is 0.682. The second-order valence-electron chi connectivity index (χ2n) is 2.03. The molecule has 0 aliphatic heterocycles. The zero-order chi connectivity index (χ0) is 8.97. The van der Waals surface area contributed by atoms with E-state index >= 15 is 0 Å². The molecule has 6 heteroatoms. The summed E-state index contributed by atoms with van der Waals surface area (Å²) in [5.41, 5.74) is 7.57. The third kappa shape index (κ3) is 2.67. The molecule has 5 nitrogen and oxygen atoms in total. The molecule has 12 heavy (non-hydrogen) atoms. The first-order chi connectivity index (χ1) is 5.68. The van der Waals surface area contributed by atoms with Crippen molar-refractivity contribution in [1.29, 1.82) is 0 Å². The molecule has 1 aromatic rings. The van der Waals surface area contributed by atoms with Gasteiger partial charge in [-0.05, 0) is 6.92 Å². The number of carbonyl (C=O) groups is 1. The number of aromatic nitrogens is 1. The van der Waals surface area contributed by atoms with Crippen molar-refractivity contribution in [2.45, 2.75) is 6.92 Å². The molecule has 0 bridgehead atoms. The Hall–Kier alpha value is -1.43. The van der Waals surface area contributed by atoms with E-state index in [1.54, 1.807) is 0 Å². The molecular weight excluding hydrogens is 176 g/mol. The predicted molar refractivity (Wildman–Crippen MR) is 47.2 cm³/mol. The van der Waals surface area contributed by atoms with Crippen molar-refractivity contribution >= 4 is 23.6 Å². The van der Waals surface area contributed by atoms with Crippen LogP contribution in [0, 0.1) is 6.92 Å². The van der Waals surface area contributed by atoms with Gasteiger partial charge in [-0.15, -0.1) is 11.3 Å². The highest BCUT2D eigenvalue weighted by molar-refractivity contribution is 7.09. The van der Waals surface area contributed by atoms with Crippen LogP contribution in [-0.4, -0.2) is 17.2 Å². The molecule has 2 amide bonds. The van der Waals surface area contributed by atoms with E-state index in [-0.39, 0.29) is 0 Å². The number of carbonyl (C=O) groups excluding carboxylic acids is 1. The maximum Gasteiger partial charge on any atom is 0.332 e. The van der Waals surface area contributed by atoms with Crippen LogP contribution < -0.4 is 11.2 Å². The molecule has 0 aromatic carbocycles. The Morgan fingerprint density at radius 2 is 2.67 bits per heavy atom. The molecule has 1 heterocycles. The minimum Gasteiger partial charge on any atom is -0.350 e. The first-order valence-electron chi connectivity index (χ1n) is 3.19. The smallest absolute Gasteiger partial charge is 0.332 e. The summed E-state index contributed by atoms with van der Waals surface area (Å²) < 4.78 is 0. The largest absolute Gasteiger partial charge is 0.350 e. The Bertz CT molecular complexity index is 306. The van der Waals surface area contributed by atoms with Crippen molar-refractivity contribution in [3.63, 3.8) is 0 Å². The Labute approximate surface area is 73.3 Å². The van der Waals surface area contributed by atoms with Gasteiger partial charge in [0, 0.05) is 5.38 Å². The first-order valence-corrected chi connectivity index (χ1v) is 4.07. The van der Waals surface area contributed by atoms with Crippen LogP contribution in [-0.2, 0) is 0 Å². The first kappa shape index (κ1) is 8.66. The van der Waals surface area contributed by atoms with E-state index in [4.69, 9.17) is 5.73 Å². The van der Waals surface area contributed by atoms with Crippen LogP contribution in [0.2, 0.25) is 0 Å². The van der Waals surface area contributed by atoms with Crippen LogP contribution in [0.4, 0.5) is 4.79 Å². The number of amides is 2. The van der Waals surface area contributed by atoms with Gasteiger partial charge in [0.15, 0.2) is 0 Å². The minimum atomic E-state index is -0.682. The molecule has 1 aromatic heterocycles. The molecule has 3 N–H and O–H groups in total. The van der Waals surface area contributed by atoms with Crippen molar-refractivity contribution in [2.75, 3.05) is 0 Å². The fourth-order valence-corrected chi connectivity index (χ4v) is 1.16. The molecule has 0 atom stereocenters. The summed E-state index contributed by atoms with van der Waals surface area (Å²) in [6.07, 6.45) is 1.44. The SMILES string of the molecule is Cc1nc(C=NNC(N)=O)cs1. The van der Waals surface area contributed by atoms with Gasteiger partial charge in [-0.2, -0.15) is 5.10 Å². The lowest BCUT2D eigenvalue weighted by Gasteiger charge is -1.87. The second kappa shape index (κ2) is 3.82. The van der Waals surface area contributed by atoms with Gasteiger partial charge < -0.3 is 5.73 Å². The van der Waals surface area contributed by atoms with E-state index in [9.17, 15) is 4.79 Å². The lowest BCUT2D eigenvalue weighted by Crippen LogP contribution is -2.24. The lowest BCUT2D eigenvalue weighted by atomic mass is 10.5. The summed E-state index contributed by atoms with van der Waals surface area (Å²) in [5.74, 6) is 0. The topological polar surface area (TPSA) is 80.4 Å². The molecule has 0 fully saturated rings. The lowest BCUT2D eigenvalue weighted by molar-refractivity contribution is 0.249. The van der Waals surface area contributed by atoms with Crippen LogP contribution in [0.15, 0.2) is 10.5 Å². The quantitative estimate of drug-likeness (QED) is 0.517. The summed E-state index contributed by atoms with van der Waals surface area (Å²) >= 11 is 1.52. The number of rotatable bonds is 2. The second-order valence-corrected chi connectivity index (χ2v) is 3.09. The van der Waals surface area contributed by atoms with Crippen LogP contribution in [0.3, 0.4) is 0 Å². The molecule has 0 spiro atoms. The van der Waals surface area contributed by atoms with Crippen molar-refractivity contribution in [3.05, 3.63) is 16.1 Å². The molecule has 1 rings (SSSR count). The average molecular weight is 184 g/mol. The van der Waals surface area contributed by atoms with Gasteiger partial charge in [-0.25, -0.2) is 15.2 Å². The van der Waals surface area contributed by atoms with Crippen molar-refractivity contribution < 1.29 is 4.79 Å². The predicted octanol–water partition coefficient (Wildman–Crippen LogP) is 0.454. The van der Waals surface area contributed by atoms with Gasteiger partial charge in [0.25, 0.3) is 0 Å². The summed E-state index contributed by atoms with van der Waals surface area (Å²) in [4.78, 5) is 14.3.